The fourth-order valence-electron chi connectivity index (χ4n) is 4.58. The maximum absolute atomic E-state index is 5.93. The number of rotatable bonds is 2. The summed E-state index contributed by atoms with van der Waals surface area (Å²) >= 11 is 0. The summed E-state index contributed by atoms with van der Waals surface area (Å²) in [5, 5.41) is 0. The standard InChI is InChI=1S/C14H26N2/c15-10-12-5-3-7-14(12)16-9-8-11-4-1-2-6-13(11)16/h11-14H,1-10,15H2. The van der Waals surface area contributed by atoms with E-state index in [9.17, 15) is 0 Å². The van der Waals surface area contributed by atoms with E-state index in [0.717, 1.165) is 30.5 Å². The summed E-state index contributed by atoms with van der Waals surface area (Å²) in [6.07, 6.45) is 11.6. The summed E-state index contributed by atoms with van der Waals surface area (Å²) < 4.78 is 0. The largest absolute Gasteiger partial charge is 0.330 e. The second-order valence-electron chi connectivity index (χ2n) is 6.13. The topological polar surface area (TPSA) is 29.3 Å². The maximum Gasteiger partial charge on any atom is 0.0139 e. The van der Waals surface area contributed by atoms with E-state index in [4.69, 9.17) is 5.73 Å². The Morgan fingerprint density at radius 2 is 1.69 bits per heavy atom. The van der Waals surface area contributed by atoms with Crippen LogP contribution in [0, 0.1) is 11.8 Å². The van der Waals surface area contributed by atoms with Crippen LogP contribution < -0.4 is 5.73 Å². The summed E-state index contributed by atoms with van der Waals surface area (Å²) in [4.78, 5) is 2.87. The zero-order valence-corrected chi connectivity index (χ0v) is 10.4. The lowest BCUT2D eigenvalue weighted by Gasteiger charge is -2.37. The van der Waals surface area contributed by atoms with Gasteiger partial charge in [0.1, 0.15) is 0 Å². The third kappa shape index (κ3) is 1.80. The normalized spacial score (nSPS) is 44.8. The summed E-state index contributed by atoms with van der Waals surface area (Å²) in [6, 6.07) is 1.78. The molecule has 2 heteroatoms. The van der Waals surface area contributed by atoms with Gasteiger partial charge in [0.15, 0.2) is 0 Å². The number of nitrogens with zero attached hydrogens (tertiary/aromatic N) is 1. The first-order chi connectivity index (χ1) is 7.90. The zero-order valence-electron chi connectivity index (χ0n) is 10.4. The Kier molecular flexibility index (Phi) is 3.21. The molecule has 0 amide bonds. The van der Waals surface area contributed by atoms with Gasteiger partial charge in [0.2, 0.25) is 0 Å². The highest BCUT2D eigenvalue weighted by Gasteiger charge is 2.42. The van der Waals surface area contributed by atoms with Crippen molar-refractivity contribution in [1.29, 1.82) is 0 Å². The van der Waals surface area contributed by atoms with Crippen molar-refractivity contribution in [1.82, 2.24) is 4.90 Å². The van der Waals surface area contributed by atoms with Gasteiger partial charge in [-0.1, -0.05) is 19.3 Å². The Hall–Kier alpha value is -0.0800. The highest BCUT2D eigenvalue weighted by atomic mass is 15.2. The second-order valence-corrected chi connectivity index (χ2v) is 6.13. The van der Waals surface area contributed by atoms with Crippen LogP contribution in [0.4, 0.5) is 0 Å². The molecule has 92 valence electrons. The van der Waals surface area contributed by atoms with Crippen LogP contribution in [0.5, 0.6) is 0 Å². The van der Waals surface area contributed by atoms with Crippen LogP contribution in [0.25, 0.3) is 0 Å². The number of fused-ring (bicyclic) bond motifs is 1. The van der Waals surface area contributed by atoms with Crippen molar-refractivity contribution in [2.45, 2.75) is 63.5 Å². The minimum Gasteiger partial charge on any atom is -0.330 e. The second kappa shape index (κ2) is 4.66. The lowest BCUT2D eigenvalue weighted by atomic mass is 9.84. The Labute approximate surface area is 99.6 Å². The molecule has 0 spiro atoms. The van der Waals surface area contributed by atoms with Gasteiger partial charge in [0.25, 0.3) is 0 Å². The Balaban J connectivity index is 1.70. The zero-order chi connectivity index (χ0) is 11.0. The minimum atomic E-state index is 0.806. The van der Waals surface area contributed by atoms with Crippen LogP contribution in [0.2, 0.25) is 0 Å². The molecular formula is C14H26N2. The van der Waals surface area contributed by atoms with Crippen molar-refractivity contribution in [2.75, 3.05) is 13.1 Å². The summed E-state index contributed by atoms with van der Waals surface area (Å²) in [6.45, 7) is 2.29. The molecule has 0 aromatic carbocycles. The predicted molar refractivity (Wildman–Crippen MR) is 67.3 cm³/mol. The molecule has 0 radical (unpaired) electrons. The summed E-state index contributed by atoms with van der Waals surface area (Å²) in [7, 11) is 0. The van der Waals surface area contributed by atoms with Gasteiger partial charge in [-0.2, -0.15) is 0 Å². The van der Waals surface area contributed by atoms with Crippen LogP contribution in [0.15, 0.2) is 0 Å². The molecule has 0 aromatic heterocycles. The molecule has 1 heterocycles. The number of hydrogen-bond donors (Lipinski definition) is 1. The average molecular weight is 222 g/mol. The molecule has 4 atom stereocenters. The van der Waals surface area contributed by atoms with E-state index in [1.54, 1.807) is 0 Å². The Morgan fingerprint density at radius 3 is 2.56 bits per heavy atom. The highest BCUT2D eigenvalue weighted by molar-refractivity contribution is 4.96. The van der Waals surface area contributed by atoms with Gasteiger partial charge in [0, 0.05) is 12.1 Å². The van der Waals surface area contributed by atoms with E-state index in [-0.39, 0.29) is 0 Å². The minimum absolute atomic E-state index is 0.806. The third-order valence-corrected chi connectivity index (χ3v) is 5.40. The van der Waals surface area contributed by atoms with Crippen molar-refractivity contribution >= 4 is 0 Å². The van der Waals surface area contributed by atoms with E-state index in [1.165, 1.54) is 57.9 Å². The fourth-order valence-corrected chi connectivity index (χ4v) is 4.58. The first kappa shape index (κ1) is 11.0. The predicted octanol–water partition coefficient (Wildman–Crippen LogP) is 2.38. The van der Waals surface area contributed by atoms with Crippen molar-refractivity contribution < 1.29 is 0 Å². The van der Waals surface area contributed by atoms with Gasteiger partial charge in [-0.05, 0) is 57.0 Å². The van der Waals surface area contributed by atoms with E-state index >= 15 is 0 Å². The van der Waals surface area contributed by atoms with Crippen LogP contribution in [0.3, 0.4) is 0 Å². The number of hydrogen-bond acceptors (Lipinski definition) is 2. The van der Waals surface area contributed by atoms with E-state index in [2.05, 4.69) is 4.90 Å². The fraction of sp³-hybridized carbons (Fsp3) is 1.00. The summed E-state index contributed by atoms with van der Waals surface area (Å²) in [5.74, 6) is 1.84. The molecule has 16 heavy (non-hydrogen) atoms. The van der Waals surface area contributed by atoms with E-state index in [1.807, 2.05) is 0 Å². The van der Waals surface area contributed by atoms with Gasteiger partial charge in [-0.15, -0.1) is 0 Å². The maximum atomic E-state index is 5.93. The molecule has 0 bridgehead atoms. The van der Waals surface area contributed by atoms with Gasteiger partial charge < -0.3 is 5.73 Å². The lowest BCUT2D eigenvalue weighted by molar-refractivity contribution is 0.110. The molecule has 1 aliphatic heterocycles. The van der Waals surface area contributed by atoms with Gasteiger partial charge >= 0.3 is 0 Å². The summed E-state index contributed by atoms with van der Waals surface area (Å²) in [5.41, 5.74) is 5.93. The Morgan fingerprint density at radius 1 is 0.875 bits per heavy atom. The van der Waals surface area contributed by atoms with Gasteiger partial charge in [-0.3, -0.25) is 4.90 Å². The molecule has 2 saturated carbocycles. The van der Waals surface area contributed by atoms with Crippen LogP contribution in [-0.4, -0.2) is 30.1 Å². The number of likely N-dealkylation sites (tertiary alicyclic amines) is 1. The third-order valence-electron chi connectivity index (χ3n) is 5.40. The molecular weight excluding hydrogens is 196 g/mol. The SMILES string of the molecule is NCC1CCCC1N1CCC2CCCCC21. The van der Waals surface area contributed by atoms with Crippen LogP contribution in [0.1, 0.15) is 51.4 Å². The molecule has 0 aromatic rings. The molecule has 3 fully saturated rings. The first-order valence-corrected chi connectivity index (χ1v) is 7.36. The monoisotopic (exact) mass is 222 g/mol. The quantitative estimate of drug-likeness (QED) is 0.777. The smallest absolute Gasteiger partial charge is 0.0139 e. The van der Waals surface area contributed by atoms with Gasteiger partial charge in [-0.25, -0.2) is 0 Å². The van der Waals surface area contributed by atoms with Gasteiger partial charge in [0.05, 0.1) is 0 Å². The Bertz CT molecular complexity index is 241. The molecule has 2 aliphatic carbocycles. The van der Waals surface area contributed by atoms with Crippen LogP contribution >= 0.6 is 0 Å². The van der Waals surface area contributed by atoms with Crippen molar-refractivity contribution in [3.63, 3.8) is 0 Å². The first-order valence-electron chi connectivity index (χ1n) is 7.36. The van der Waals surface area contributed by atoms with Crippen molar-refractivity contribution in [3.8, 4) is 0 Å². The van der Waals surface area contributed by atoms with Crippen molar-refractivity contribution in [2.24, 2.45) is 17.6 Å². The lowest BCUT2D eigenvalue weighted by Crippen LogP contribution is -2.45. The van der Waals surface area contributed by atoms with Crippen LogP contribution in [-0.2, 0) is 0 Å². The van der Waals surface area contributed by atoms with Crippen molar-refractivity contribution in [3.05, 3.63) is 0 Å². The molecule has 4 unspecified atom stereocenters. The molecule has 2 nitrogen and oxygen atoms in total. The van der Waals surface area contributed by atoms with E-state index < -0.39 is 0 Å². The number of nitrogens with two attached hydrogens (primary N) is 1. The van der Waals surface area contributed by atoms with E-state index in [0.29, 0.717) is 0 Å². The average Bonchev–Trinajstić information content (AvgIpc) is 2.94. The molecule has 1 saturated heterocycles. The molecule has 2 N–H and O–H groups in total. The highest BCUT2D eigenvalue weighted by Crippen LogP contribution is 2.41. The molecule has 3 aliphatic rings. The molecule has 3 rings (SSSR count).